The summed E-state index contributed by atoms with van der Waals surface area (Å²) in [7, 11) is 0. The van der Waals surface area contributed by atoms with Crippen molar-refractivity contribution in [1.82, 2.24) is 4.90 Å². The van der Waals surface area contributed by atoms with Gasteiger partial charge in [0, 0.05) is 19.5 Å². The van der Waals surface area contributed by atoms with Crippen LogP contribution >= 0.6 is 0 Å². The molecule has 1 amide bonds. The fourth-order valence-corrected chi connectivity index (χ4v) is 3.27. The number of nitrogens with two attached hydrogens (primary N) is 1. The summed E-state index contributed by atoms with van der Waals surface area (Å²) in [6.45, 7) is 7.46. The van der Waals surface area contributed by atoms with Crippen LogP contribution in [0.5, 0.6) is 0 Å². The van der Waals surface area contributed by atoms with Crippen molar-refractivity contribution in [3.8, 4) is 0 Å². The monoisotopic (exact) mass is 238 g/mol. The third-order valence-electron chi connectivity index (χ3n) is 4.82. The third-order valence-corrected chi connectivity index (χ3v) is 4.82. The van der Waals surface area contributed by atoms with Crippen molar-refractivity contribution < 1.29 is 4.79 Å². The molecule has 1 saturated heterocycles. The van der Waals surface area contributed by atoms with Crippen LogP contribution in [0.15, 0.2) is 0 Å². The number of carbonyl (C=O) groups is 1. The van der Waals surface area contributed by atoms with Crippen LogP contribution in [0.2, 0.25) is 0 Å². The van der Waals surface area contributed by atoms with Gasteiger partial charge in [0.1, 0.15) is 0 Å². The minimum Gasteiger partial charge on any atom is -0.342 e. The summed E-state index contributed by atoms with van der Waals surface area (Å²) in [6.07, 6.45) is 5.19. The van der Waals surface area contributed by atoms with Crippen molar-refractivity contribution in [2.24, 2.45) is 23.0 Å². The maximum atomic E-state index is 12.0. The molecule has 0 aromatic carbocycles. The molecular weight excluding hydrogens is 212 g/mol. The van der Waals surface area contributed by atoms with Gasteiger partial charge in [-0.2, -0.15) is 0 Å². The van der Waals surface area contributed by atoms with Gasteiger partial charge in [0.2, 0.25) is 5.91 Å². The van der Waals surface area contributed by atoms with Crippen LogP contribution in [-0.4, -0.2) is 30.4 Å². The molecule has 2 atom stereocenters. The van der Waals surface area contributed by atoms with Gasteiger partial charge in [-0.25, -0.2) is 0 Å². The van der Waals surface area contributed by atoms with Crippen LogP contribution in [0.3, 0.4) is 0 Å². The quantitative estimate of drug-likeness (QED) is 0.720. The van der Waals surface area contributed by atoms with Gasteiger partial charge in [-0.05, 0) is 36.6 Å². The first-order valence-electron chi connectivity index (χ1n) is 7.05. The molecule has 1 heterocycles. The van der Waals surface area contributed by atoms with E-state index in [9.17, 15) is 4.79 Å². The summed E-state index contributed by atoms with van der Waals surface area (Å²) >= 11 is 0. The number of likely N-dealkylation sites (tertiary alicyclic amines) is 1. The van der Waals surface area contributed by atoms with E-state index in [1.807, 2.05) is 0 Å². The second-order valence-corrected chi connectivity index (χ2v) is 6.29. The molecule has 2 N–H and O–H groups in total. The van der Waals surface area contributed by atoms with Gasteiger partial charge in [0.05, 0.1) is 0 Å². The van der Waals surface area contributed by atoms with E-state index in [2.05, 4.69) is 18.7 Å². The van der Waals surface area contributed by atoms with E-state index in [1.165, 1.54) is 6.42 Å². The van der Waals surface area contributed by atoms with Crippen LogP contribution < -0.4 is 5.73 Å². The Labute approximate surface area is 105 Å². The summed E-state index contributed by atoms with van der Waals surface area (Å²) in [5.74, 6) is 1.94. The third kappa shape index (κ3) is 2.65. The van der Waals surface area contributed by atoms with E-state index in [0.29, 0.717) is 11.3 Å². The molecule has 3 heteroatoms. The Morgan fingerprint density at radius 1 is 1.18 bits per heavy atom. The molecule has 2 rings (SSSR count). The fraction of sp³-hybridized carbons (Fsp3) is 0.929. The zero-order chi connectivity index (χ0) is 12.5. The maximum absolute atomic E-state index is 12.0. The first-order chi connectivity index (χ1) is 8.07. The van der Waals surface area contributed by atoms with Gasteiger partial charge in [0.15, 0.2) is 0 Å². The molecule has 2 fully saturated rings. The van der Waals surface area contributed by atoms with E-state index >= 15 is 0 Å². The zero-order valence-electron chi connectivity index (χ0n) is 11.2. The van der Waals surface area contributed by atoms with Gasteiger partial charge in [0.25, 0.3) is 0 Å². The largest absolute Gasteiger partial charge is 0.342 e. The lowest BCUT2D eigenvalue weighted by Gasteiger charge is -2.22. The predicted octanol–water partition coefficient (Wildman–Crippen LogP) is 2.01. The Kier molecular flexibility index (Phi) is 3.76. The second-order valence-electron chi connectivity index (χ2n) is 6.29. The average molecular weight is 238 g/mol. The zero-order valence-corrected chi connectivity index (χ0v) is 11.2. The summed E-state index contributed by atoms with van der Waals surface area (Å²) in [6, 6.07) is 0. The van der Waals surface area contributed by atoms with Gasteiger partial charge >= 0.3 is 0 Å². The lowest BCUT2D eigenvalue weighted by Crippen LogP contribution is -2.32. The molecule has 1 aliphatic heterocycles. The number of fused-ring (bicyclic) bond motifs is 1. The Hall–Kier alpha value is -0.570. The highest BCUT2D eigenvalue weighted by Gasteiger charge is 2.62. The molecule has 0 radical (unpaired) electrons. The normalized spacial score (nSPS) is 29.2. The minimum atomic E-state index is 0.376. The molecular formula is C14H26N2O. The highest BCUT2D eigenvalue weighted by atomic mass is 16.2. The van der Waals surface area contributed by atoms with Gasteiger partial charge in [-0.1, -0.05) is 26.7 Å². The first kappa shape index (κ1) is 12.9. The fourth-order valence-electron chi connectivity index (χ4n) is 3.27. The van der Waals surface area contributed by atoms with E-state index in [-0.39, 0.29) is 0 Å². The number of hydrogen-bond acceptors (Lipinski definition) is 2. The standard InChI is InChI=1S/C14H26N2O/c1-14(2)11-9-16(10-12(11)14)13(17)7-5-3-4-6-8-15/h11-12H,3-10,15H2,1-2H3. The van der Waals surface area contributed by atoms with E-state index in [4.69, 9.17) is 5.73 Å². The molecule has 0 aromatic heterocycles. The first-order valence-corrected chi connectivity index (χ1v) is 7.05. The molecule has 0 aromatic rings. The smallest absolute Gasteiger partial charge is 0.222 e. The van der Waals surface area contributed by atoms with E-state index in [0.717, 1.165) is 57.2 Å². The van der Waals surface area contributed by atoms with Crippen molar-refractivity contribution >= 4 is 5.91 Å². The molecule has 2 unspecified atom stereocenters. The Bertz CT molecular complexity index is 274. The highest BCUT2D eigenvalue weighted by Crippen LogP contribution is 2.61. The van der Waals surface area contributed by atoms with Crippen molar-refractivity contribution in [3.63, 3.8) is 0 Å². The molecule has 1 saturated carbocycles. The molecule has 0 bridgehead atoms. The SMILES string of the molecule is CC1(C)C2CN(C(=O)CCCCCCN)CC21. The Balaban J connectivity index is 1.60. The lowest BCUT2D eigenvalue weighted by molar-refractivity contribution is -0.131. The topological polar surface area (TPSA) is 46.3 Å². The molecule has 3 nitrogen and oxygen atoms in total. The number of unbranched alkanes of at least 4 members (excludes halogenated alkanes) is 3. The highest BCUT2D eigenvalue weighted by molar-refractivity contribution is 5.76. The van der Waals surface area contributed by atoms with Crippen molar-refractivity contribution in [2.75, 3.05) is 19.6 Å². The van der Waals surface area contributed by atoms with Crippen molar-refractivity contribution in [2.45, 2.75) is 46.0 Å². The number of rotatable bonds is 6. The van der Waals surface area contributed by atoms with Gasteiger partial charge in [-0.3, -0.25) is 4.79 Å². The lowest BCUT2D eigenvalue weighted by atomic mass is 10.1. The van der Waals surface area contributed by atoms with Crippen LogP contribution in [0.25, 0.3) is 0 Å². The molecule has 0 spiro atoms. The summed E-state index contributed by atoms with van der Waals surface area (Å²) in [5.41, 5.74) is 5.95. The molecule has 2 aliphatic rings. The number of piperidine rings is 1. The number of carbonyl (C=O) groups excluding carboxylic acids is 1. The molecule has 17 heavy (non-hydrogen) atoms. The maximum Gasteiger partial charge on any atom is 0.222 e. The van der Waals surface area contributed by atoms with Crippen LogP contribution in [0.4, 0.5) is 0 Å². The van der Waals surface area contributed by atoms with Crippen molar-refractivity contribution in [3.05, 3.63) is 0 Å². The Morgan fingerprint density at radius 3 is 2.35 bits per heavy atom. The second kappa shape index (κ2) is 4.97. The summed E-state index contributed by atoms with van der Waals surface area (Å²) in [4.78, 5) is 14.0. The van der Waals surface area contributed by atoms with Gasteiger partial charge < -0.3 is 10.6 Å². The number of nitrogens with zero attached hydrogens (tertiary/aromatic N) is 1. The molecule has 98 valence electrons. The van der Waals surface area contributed by atoms with Crippen molar-refractivity contribution in [1.29, 1.82) is 0 Å². The van der Waals surface area contributed by atoms with E-state index in [1.54, 1.807) is 0 Å². The van der Waals surface area contributed by atoms with E-state index < -0.39 is 0 Å². The number of amides is 1. The van der Waals surface area contributed by atoms with Crippen LogP contribution in [-0.2, 0) is 4.79 Å². The Morgan fingerprint density at radius 2 is 1.76 bits per heavy atom. The minimum absolute atomic E-state index is 0.376. The van der Waals surface area contributed by atoms with Crippen LogP contribution in [0, 0.1) is 17.3 Å². The number of hydrogen-bond donors (Lipinski definition) is 1. The van der Waals surface area contributed by atoms with Gasteiger partial charge in [-0.15, -0.1) is 0 Å². The summed E-state index contributed by atoms with van der Waals surface area (Å²) < 4.78 is 0. The summed E-state index contributed by atoms with van der Waals surface area (Å²) in [5, 5.41) is 0. The van der Waals surface area contributed by atoms with Crippen LogP contribution in [0.1, 0.15) is 46.0 Å². The molecule has 1 aliphatic carbocycles. The predicted molar refractivity (Wildman–Crippen MR) is 69.5 cm³/mol. The average Bonchev–Trinajstić information content (AvgIpc) is 2.71.